The first-order chi connectivity index (χ1) is 8.72. The second-order valence-corrected chi connectivity index (χ2v) is 4.43. The molecule has 1 aromatic carbocycles. The van der Waals surface area contributed by atoms with E-state index in [4.69, 9.17) is 0 Å². The van der Waals surface area contributed by atoms with E-state index in [0.29, 0.717) is 6.42 Å². The molecule has 0 spiro atoms. The van der Waals surface area contributed by atoms with Crippen molar-refractivity contribution in [3.8, 4) is 0 Å². The Balaban J connectivity index is 2.03. The van der Waals surface area contributed by atoms with Crippen LogP contribution >= 0.6 is 0 Å². The maximum Gasteiger partial charge on any atom is 0.234 e. The quantitative estimate of drug-likeness (QED) is 0.706. The van der Waals surface area contributed by atoms with Crippen LogP contribution in [-0.2, 0) is 11.2 Å². The van der Waals surface area contributed by atoms with Crippen molar-refractivity contribution in [1.29, 1.82) is 0 Å². The predicted molar refractivity (Wildman–Crippen MR) is 73.2 cm³/mol. The lowest BCUT2D eigenvalue weighted by molar-refractivity contribution is -0.122. The van der Waals surface area contributed by atoms with Gasteiger partial charge in [0.1, 0.15) is 0 Å². The van der Waals surface area contributed by atoms with Gasteiger partial charge in [-0.05, 0) is 31.4 Å². The van der Waals surface area contributed by atoms with Crippen LogP contribution in [0.4, 0.5) is 0 Å². The monoisotopic (exact) mass is 245 g/mol. The molecular weight excluding hydrogens is 226 g/mol. The molecule has 1 aromatic heterocycles. The van der Waals surface area contributed by atoms with Crippen molar-refractivity contribution in [1.82, 2.24) is 15.8 Å². The summed E-state index contributed by atoms with van der Waals surface area (Å²) in [6, 6.07) is 8.29. The Morgan fingerprint density at radius 2 is 2.11 bits per heavy atom. The fourth-order valence-electron chi connectivity index (χ4n) is 2.28. The summed E-state index contributed by atoms with van der Waals surface area (Å²) >= 11 is 0. The maximum atomic E-state index is 11.3. The zero-order valence-electron chi connectivity index (χ0n) is 10.8. The highest BCUT2D eigenvalue weighted by Crippen LogP contribution is 2.23. The van der Waals surface area contributed by atoms with Crippen LogP contribution in [0.5, 0.6) is 0 Å². The molecule has 0 aliphatic rings. The molecule has 0 fully saturated rings. The first-order valence-corrected chi connectivity index (χ1v) is 6.24. The topological polar surface area (TPSA) is 56.9 Å². The van der Waals surface area contributed by atoms with Crippen molar-refractivity contribution in [2.45, 2.75) is 26.2 Å². The Hall–Kier alpha value is -1.81. The number of hydrazine groups is 1. The third-order valence-electron chi connectivity index (χ3n) is 3.12. The molecular formula is C14H19N3O. The summed E-state index contributed by atoms with van der Waals surface area (Å²) in [6.45, 7) is 2.09. The summed E-state index contributed by atoms with van der Waals surface area (Å²) in [4.78, 5) is 14.7. The van der Waals surface area contributed by atoms with Gasteiger partial charge in [0.15, 0.2) is 0 Å². The number of aromatic nitrogens is 1. The number of hydrogen-bond donors (Lipinski definition) is 3. The number of benzene rings is 1. The Bertz CT molecular complexity index is 545. The van der Waals surface area contributed by atoms with Crippen molar-refractivity contribution in [3.63, 3.8) is 0 Å². The summed E-state index contributed by atoms with van der Waals surface area (Å²) < 4.78 is 0. The van der Waals surface area contributed by atoms with Gasteiger partial charge < -0.3 is 4.98 Å². The molecule has 4 nitrogen and oxygen atoms in total. The fourth-order valence-corrected chi connectivity index (χ4v) is 2.28. The van der Waals surface area contributed by atoms with E-state index in [9.17, 15) is 4.79 Å². The molecule has 2 rings (SSSR count). The lowest BCUT2D eigenvalue weighted by Crippen LogP contribution is -2.33. The molecule has 0 atom stereocenters. The minimum atomic E-state index is 0.0370. The zero-order valence-corrected chi connectivity index (χ0v) is 10.8. The molecule has 4 heteroatoms. The van der Waals surface area contributed by atoms with E-state index in [1.807, 2.05) is 12.1 Å². The Kier molecular flexibility index (Phi) is 3.99. The fraction of sp³-hybridized carbons (Fsp3) is 0.357. The number of fused-ring (bicyclic) bond motifs is 1. The van der Waals surface area contributed by atoms with E-state index in [2.05, 4.69) is 34.9 Å². The molecule has 0 aliphatic heterocycles. The average molecular weight is 245 g/mol. The number of H-pyrrole nitrogens is 1. The highest BCUT2D eigenvalue weighted by molar-refractivity contribution is 5.84. The summed E-state index contributed by atoms with van der Waals surface area (Å²) in [5.41, 5.74) is 8.92. The number of amides is 1. The average Bonchev–Trinajstić information content (AvgIpc) is 2.66. The van der Waals surface area contributed by atoms with Gasteiger partial charge >= 0.3 is 0 Å². The summed E-state index contributed by atoms with van der Waals surface area (Å²) in [7, 11) is 1.70. The third-order valence-corrected chi connectivity index (χ3v) is 3.12. The number of nitrogens with one attached hydrogen (secondary N) is 3. The van der Waals surface area contributed by atoms with Crippen molar-refractivity contribution < 1.29 is 4.79 Å². The second-order valence-electron chi connectivity index (χ2n) is 4.43. The SMILES string of the molecule is CNNC(=O)CCCc1c(C)[nH]c2ccccc12. The zero-order chi connectivity index (χ0) is 13.0. The first-order valence-electron chi connectivity index (χ1n) is 6.24. The van der Waals surface area contributed by atoms with Gasteiger partial charge in [-0.15, -0.1) is 0 Å². The number of carbonyl (C=O) groups excluding carboxylic acids is 1. The van der Waals surface area contributed by atoms with Crippen molar-refractivity contribution in [2.24, 2.45) is 0 Å². The van der Waals surface area contributed by atoms with E-state index in [1.165, 1.54) is 22.2 Å². The predicted octanol–water partition coefficient (Wildman–Crippen LogP) is 2.05. The second kappa shape index (κ2) is 5.69. The molecule has 0 saturated carbocycles. The minimum Gasteiger partial charge on any atom is -0.358 e. The van der Waals surface area contributed by atoms with Crippen molar-refractivity contribution in [2.75, 3.05) is 7.05 Å². The smallest absolute Gasteiger partial charge is 0.234 e. The molecule has 0 bridgehead atoms. The van der Waals surface area contributed by atoms with Crippen molar-refractivity contribution >= 4 is 16.8 Å². The highest BCUT2D eigenvalue weighted by atomic mass is 16.2. The van der Waals surface area contributed by atoms with Crippen LogP contribution in [0.15, 0.2) is 24.3 Å². The minimum absolute atomic E-state index is 0.0370. The van der Waals surface area contributed by atoms with Gasteiger partial charge in [0.25, 0.3) is 0 Å². The highest BCUT2D eigenvalue weighted by Gasteiger charge is 2.08. The lowest BCUT2D eigenvalue weighted by Gasteiger charge is -2.03. The number of rotatable bonds is 5. The third kappa shape index (κ3) is 2.71. The van der Waals surface area contributed by atoms with Gasteiger partial charge in [-0.2, -0.15) is 0 Å². The van der Waals surface area contributed by atoms with Gasteiger partial charge in [-0.1, -0.05) is 18.2 Å². The van der Waals surface area contributed by atoms with Crippen molar-refractivity contribution in [3.05, 3.63) is 35.5 Å². The first kappa shape index (κ1) is 12.6. The maximum absolute atomic E-state index is 11.3. The molecule has 1 amide bonds. The normalized spacial score (nSPS) is 10.8. The van der Waals surface area contributed by atoms with E-state index in [-0.39, 0.29) is 5.91 Å². The van der Waals surface area contributed by atoms with Crippen LogP contribution in [0.1, 0.15) is 24.1 Å². The van der Waals surface area contributed by atoms with Gasteiger partial charge in [-0.25, -0.2) is 5.43 Å². The number of hydrogen-bond acceptors (Lipinski definition) is 2. The molecule has 1 heterocycles. The van der Waals surface area contributed by atoms with E-state index in [1.54, 1.807) is 7.05 Å². The summed E-state index contributed by atoms with van der Waals surface area (Å²) in [5.74, 6) is 0.0370. The number of para-hydroxylation sites is 1. The van der Waals surface area contributed by atoms with E-state index >= 15 is 0 Å². The van der Waals surface area contributed by atoms with Crippen LogP contribution in [0, 0.1) is 6.92 Å². The summed E-state index contributed by atoms with van der Waals surface area (Å²) in [6.07, 6.45) is 2.32. The summed E-state index contributed by atoms with van der Waals surface area (Å²) in [5, 5.41) is 1.27. The number of carbonyl (C=O) groups is 1. The van der Waals surface area contributed by atoms with Crippen LogP contribution in [0.2, 0.25) is 0 Å². The molecule has 0 saturated heterocycles. The molecule has 18 heavy (non-hydrogen) atoms. The van der Waals surface area contributed by atoms with E-state index in [0.717, 1.165) is 12.8 Å². The van der Waals surface area contributed by atoms with Crippen LogP contribution in [0.3, 0.4) is 0 Å². The molecule has 2 aromatic rings. The number of aryl methyl sites for hydroxylation is 2. The Morgan fingerprint density at radius 3 is 2.89 bits per heavy atom. The standard InChI is InChI=1S/C14H19N3O/c1-10-11(7-5-9-14(18)17-15-2)12-6-3-4-8-13(12)16-10/h3-4,6,8,15-16H,5,7,9H2,1-2H3,(H,17,18). The van der Waals surface area contributed by atoms with Crippen LogP contribution in [-0.4, -0.2) is 17.9 Å². The molecule has 0 radical (unpaired) electrons. The number of aromatic amines is 1. The molecule has 96 valence electrons. The van der Waals surface area contributed by atoms with Gasteiger partial charge in [-0.3, -0.25) is 10.2 Å². The van der Waals surface area contributed by atoms with Crippen LogP contribution < -0.4 is 10.9 Å². The van der Waals surface area contributed by atoms with Gasteiger partial charge in [0.2, 0.25) is 5.91 Å². The molecule has 0 unspecified atom stereocenters. The van der Waals surface area contributed by atoms with Gasteiger partial charge in [0.05, 0.1) is 0 Å². The van der Waals surface area contributed by atoms with Gasteiger partial charge in [0, 0.05) is 30.1 Å². The Labute approximate surface area is 107 Å². The molecule has 3 N–H and O–H groups in total. The Morgan fingerprint density at radius 1 is 1.33 bits per heavy atom. The lowest BCUT2D eigenvalue weighted by atomic mass is 10.0. The largest absolute Gasteiger partial charge is 0.358 e. The molecule has 0 aliphatic carbocycles. The van der Waals surface area contributed by atoms with Crippen LogP contribution in [0.25, 0.3) is 10.9 Å². The van der Waals surface area contributed by atoms with E-state index < -0.39 is 0 Å².